The monoisotopic (exact) mass is 193 g/mol. The summed E-state index contributed by atoms with van der Waals surface area (Å²) in [4.78, 5) is 11.1. The molecule has 0 aromatic heterocycles. The van der Waals surface area contributed by atoms with Gasteiger partial charge in [0.2, 0.25) is 0 Å². The molecule has 0 aliphatic rings. The fourth-order valence-corrected chi connectivity index (χ4v) is 1.22. The summed E-state index contributed by atoms with van der Waals surface area (Å²) >= 11 is 0. The van der Waals surface area contributed by atoms with Gasteiger partial charge in [0.05, 0.1) is 7.11 Å². The van der Waals surface area contributed by atoms with E-state index in [4.69, 9.17) is 5.73 Å². The van der Waals surface area contributed by atoms with Gasteiger partial charge in [0.15, 0.2) is 0 Å². The number of methoxy groups -OCH3 is 1. The molecule has 1 aromatic rings. The number of carbonyl (C=O) groups is 1. The lowest BCUT2D eigenvalue weighted by Gasteiger charge is -2.09. The maximum Gasteiger partial charge on any atom is 0.327 e. The second kappa shape index (κ2) is 4.77. The second-order valence-corrected chi connectivity index (χ2v) is 3.10. The van der Waals surface area contributed by atoms with Crippen molar-refractivity contribution in [1.29, 1.82) is 0 Å². The van der Waals surface area contributed by atoms with E-state index in [0.717, 1.165) is 12.0 Å². The highest BCUT2D eigenvalue weighted by molar-refractivity contribution is 5.77. The normalized spacial score (nSPS) is 12.2. The number of hydrogen-bond acceptors (Lipinski definition) is 3. The quantitative estimate of drug-likeness (QED) is 0.739. The molecule has 0 saturated carbocycles. The fourth-order valence-electron chi connectivity index (χ4n) is 1.22. The molecule has 0 radical (unpaired) electrons. The van der Waals surface area contributed by atoms with E-state index >= 15 is 0 Å². The molecule has 1 aromatic carbocycles. The Balaban J connectivity index is 2.81. The van der Waals surface area contributed by atoms with E-state index in [2.05, 4.69) is 11.7 Å². The molecule has 0 aliphatic carbocycles. The molecule has 0 fully saturated rings. The summed E-state index contributed by atoms with van der Waals surface area (Å²) in [6.45, 7) is 2.08. The van der Waals surface area contributed by atoms with Gasteiger partial charge < -0.3 is 10.5 Å². The average Bonchev–Trinajstić information content (AvgIpc) is 2.27. The van der Waals surface area contributed by atoms with Gasteiger partial charge in [-0.25, -0.2) is 0 Å². The number of aryl methyl sites for hydroxylation is 1. The van der Waals surface area contributed by atoms with Crippen molar-refractivity contribution in [3.8, 4) is 0 Å². The van der Waals surface area contributed by atoms with Gasteiger partial charge in [-0.2, -0.15) is 0 Å². The largest absolute Gasteiger partial charge is 0.468 e. The van der Waals surface area contributed by atoms with Crippen molar-refractivity contribution >= 4 is 5.97 Å². The molecule has 14 heavy (non-hydrogen) atoms. The average molecular weight is 193 g/mol. The molecule has 3 nitrogen and oxygen atoms in total. The van der Waals surface area contributed by atoms with E-state index in [1.807, 2.05) is 24.3 Å². The molecule has 0 heterocycles. The summed E-state index contributed by atoms with van der Waals surface area (Å²) < 4.78 is 4.56. The van der Waals surface area contributed by atoms with E-state index in [-0.39, 0.29) is 0 Å². The molecule has 0 amide bonds. The fraction of sp³-hybridized carbons (Fsp3) is 0.364. The van der Waals surface area contributed by atoms with Crippen LogP contribution in [0.25, 0.3) is 0 Å². The summed E-state index contributed by atoms with van der Waals surface area (Å²) in [5.41, 5.74) is 7.68. The molecule has 1 atom stereocenters. The Kier molecular flexibility index (Phi) is 3.65. The number of nitrogens with two attached hydrogens (primary N) is 1. The predicted octanol–water partition coefficient (Wildman–Crippen LogP) is 1.42. The predicted molar refractivity (Wildman–Crippen MR) is 54.8 cm³/mol. The zero-order chi connectivity index (χ0) is 10.6. The zero-order valence-electron chi connectivity index (χ0n) is 8.49. The Hall–Kier alpha value is -1.35. The molecular weight excluding hydrogens is 178 g/mol. The van der Waals surface area contributed by atoms with Gasteiger partial charge in [0.1, 0.15) is 6.04 Å². The lowest BCUT2D eigenvalue weighted by Crippen LogP contribution is -2.22. The van der Waals surface area contributed by atoms with Crippen LogP contribution in [0.1, 0.15) is 24.1 Å². The standard InChI is InChI=1S/C11H15NO2/c1-3-8-4-6-9(7-5-8)10(12)11(13)14-2/h4-7,10H,3,12H2,1-2H3/t10-/m0/s1. The topological polar surface area (TPSA) is 52.3 Å². The smallest absolute Gasteiger partial charge is 0.327 e. The van der Waals surface area contributed by atoms with Crippen molar-refractivity contribution in [2.75, 3.05) is 7.11 Å². The molecule has 0 aliphatic heterocycles. The number of hydrogen-bond donors (Lipinski definition) is 1. The number of rotatable bonds is 3. The molecule has 1 rings (SSSR count). The van der Waals surface area contributed by atoms with Crippen LogP contribution in [0.15, 0.2) is 24.3 Å². The summed E-state index contributed by atoms with van der Waals surface area (Å²) in [5, 5.41) is 0. The number of carbonyl (C=O) groups excluding carboxylic acids is 1. The van der Waals surface area contributed by atoms with Crippen LogP contribution in [0.3, 0.4) is 0 Å². The molecule has 76 valence electrons. The number of esters is 1. The van der Waals surface area contributed by atoms with Crippen molar-refractivity contribution < 1.29 is 9.53 Å². The van der Waals surface area contributed by atoms with E-state index in [1.165, 1.54) is 12.7 Å². The van der Waals surface area contributed by atoms with Crippen LogP contribution in [0.2, 0.25) is 0 Å². The van der Waals surface area contributed by atoms with Crippen LogP contribution >= 0.6 is 0 Å². The Morgan fingerprint density at radius 1 is 1.43 bits per heavy atom. The first-order valence-electron chi connectivity index (χ1n) is 4.61. The number of ether oxygens (including phenoxy) is 1. The van der Waals surface area contributed by atoms with Crippen molar-refractivity contribution in [3.05, 3.63) is 35.4 Å². The molecule has 0 saturated heterocycles. The first-order chi connectivity index (χ1) is 6.69. The van der Waals surface area contributed by atoms with Gasteiger partial charge in [0, 0.05) is 0 Å². The molecule has 0 unspecified atom stereocenters. The highest BCUT2D eigenvalue weighted by Crippen LogP contribution is 2.13. The summed E-state index contributed by atoms with van der Waals surface area (Å²) in [6.07, 6.45) is 0.980. The minimum atomic E-state index is -0.675. The van der Waals surface area contributed by atoms with Crippen molar-refractivity contribution in [1.82, 2.24) is 0 Å². The summed E-state index contributed by atoms with van der Waals surface area (Å²) in [7, 11) is 1.34. The van der Waals surface area contributed by atoms with Crippen LogP contribution in [0.4, 0.5) is 0 Å². The Labute approximate surface area is 83.9 Å². The van der Waals surface area contributed by atoms with Crippen LogP contribution in [-0.4, -0.2) is 13.1 Å². The first-order valence-corrected chi connectivity index (χ1v) is 4.61. The van der Waals surface area contributed by atoms with E-state index in [9.17, 15) is 4.79 Å². The van der Waals surface area contributed by atoms with Crippen molar-refractivity contribution in [3.63, 3.8) is 0 Å². The maximum atomic E-state index is 11.1. The third kappa shape index (κ3) is 2.33. The lowest BCUT2D eigenvalue weighted by atomic mass is 10.0. The van der Waals surface area contributed by atoms with E-state index in [0.29, 0.717) is 0 Å². The highest BCUT2D eigenvalue weighted by atomic mass is 16.5. The van der Waals surface area contributed by atoms with E-state index in [1.54, 1.807) is 0 Å². The maximum absolute atomic E-state index is 11.1. The van der Waals surface area contributed by atoms with Crippen molar-refractivity contribution in [2.24, 2.45) is 5.73 Å². The third-order valence-electron chi connectivity index (χ3n) is 2.20. The van der Waals surface area contributed by atoms with E-state index < -0.39 is 12.0 Å². The Morgan fingerprint density at radius 3 is 2.43 bits per heavy atom. The SMILES string of the molecule is CCc1ccc([C@H](N)C(=O)OC)cc1. The molecule has 0 bridgehead atoms. The molecule has 2 N–H and O–H groups in total. The van der Waals surface area contributed by atoms with Crippen LogP contribution in [0, 0.1) is 0 Å². The minimum Gasteiger partial charge on any atom is -0.468 e. The second-order valence-electron chi connectivity index (χ2n) is 3.10. The van der Waals surface area contributed by atoms with Crippen molar-refractivity contribution in [2.45, 2.75) is 19.4 Å². The lowest BCUT2D eigenvalue weighted by molar-refractivity contribution is -0.142. The Morgan fingerprint density at radius 2 is 2.00 bits per heavy atom. The third-order valence-corrected chi connectivity index (χ3v) is 2.20. The molecule has 3 heteroatoms. The summed E-state index contributed by atoms with van der Waals surface area (Å²) in [5.74, 6) is -0.408. The molecule has 0 spiro atoms. The van der Waals surface area contributed by atoms with Crippen LogP contribution in [0.5, 0.6) is 0 Å². The highest BCUT2D eigenvalue weighted by Gasteiger charge is 2.15. The minimum absolute atomic E-state index is 0.408. The van der Waals surface area contributed by atoms with Gasteiger partial charge in [-0.3, -0.25) is 4.79 Å². The van der Waals surface area contributed by atoms with Crippen LogP contribution in [-0.2, 0) is 16.0 Å². The number of benzene rings is 1. The molecular formula is C11H15NO2. The first kappa shape index (κ1) is 10.7. The van der Waals surface area contributed by atoms with Gasteiger partial charge in [-0.15, -0.1) is 0 Å². The van der Waals surface area contributed by atoms with Gasteiger partial charge in [0.25, 0.3) is 0 Å². The zero-order valence-corrected chi connectivity index (χ0v) is 8.49. The van der Waals surface area contributed by atoms with Gasteiger partial charge in [-0.05, 0) is 17.5 Å². The van der Waals surface area contributed by atoms with Crippen LogP contribution < -0.4 is 5.73 Å². The van der Waals surface area contributed by atoms with Gasteiger partial charge in [-0.1, -0.05) is 31.2 Å². The Bertz CT molecular complexity index is 306. The van der Waals surface area contributed by atoms with Gasteiger partial charge >= 0.3 is 5.97 Å². The summed E-state index contributed by atoms with van der Waals surface area (Å²) in [6, 6.07) is 6.99.